The molecule has 6 heteroatoms. The van der Waals surface area contributed by atoms with Gasteiger partial charge in [0.15, 0.2) is 6.10 Å². The Hall–Kier alpha value is -3.33. The van der Waals surface area contributed by atoms with Crippen LogP contribution < -0.4 is 10.1 Å². The Labute approximate surface area is 153 Å². The monoisotopic (exact) mass is 351 g/mol. The van der Waals surface area contributed by atoms with Crippen molar-refractivity contribution in [2.75, 3.05) is 19.4 Å². The molecule has 0 bridgehead atoms. The van der Waals surface area contributed by atoms with Gasteiger partial charge >= 0.3 is 0 Å². The highest BCUT2D eigenvalue weighted by Crippen LogP contribution is 2.18. The molecule has 1 atom stereocenters. The van der Waals surface area contributed by atoms with E-state index in [0.29, 0.717) is 22.6 Å². The number of nitrogens with zero attached hydrogens (tertiary/aromatic N) is 2. The number of nitriles is 1. The summed E-state index contributed by atoms with van der Waals surface area (Å²) in [6.45, 7) is 3.45. The molecular weight excluding hydrogens is 330 g/mol. The number of amides is 2. The van der Waals surface area contributed by atoms with E-state index in [-0.39, 0.29) is 11.8 Å². The maximum atomic E-state index is 12.3. The van der Waals surface area contributed by atoms with Crippen molar-refractivity contribution in [2.45, 2.75) is 20.0 Å². The molecule has 6 nitrogen and oxygen atoms in total. The first kappa shape index (κ1) is 19.0. The molecule has 0 fully saturated rings. The molecule has 26 heavy (non-hydrogen) atoms. The van der Waals surface area contributed by atoms with E-state index in [1.54, 1.807) is 63.5 Å². The highest BCUT2D eigenvalue weighted by molar-refractivity contribution is 5.97. The zero-order chi connectivity index (χ0) is 19.3. The summed E-state index contributed by atoms with van der Waals surface area (Å²) in [7, 11) is 3.38. The van der Waals surface area contributed by atoms with Crippen LogP contribution in [0.2, 0.25) is 0 Å². The van der Waals surface area contributed by atoms with Crippen LogP contribution >= 0.6 is 0 Å². The molecule has 0 aliphatic carbocycles. The number of carbonyl (C=O) groups is 2. The average molecular weight is 351 g/mol. The number of aryl methyl sites for hydroxylation is 1. The first-order valence-electron chi connectivity index (χ1n) is 8.12. The van der Waals surface area contributed by atoms with E-state index in [1.807, 2.05) is 13.0 Å². The summed E-state index contributed by atoms with van der Waals surface area (Å²) in [6.07, 6.45) is -0.743. The molecule has 1 unspecified atom stereocenters. The average Bonchev–Trinajstić information content (AvgIpc) is 2.61. The van der Waals surface area contributed by atoms with Crippen LogP contribution in [0.3, 0.4) is 0 Å². The fourth-order valence-electron chi connectivity index (χ4n) is 2.36. The number of benzene rings is 2. The summed E-state index contributed by atoms with van der Waals surface area (Å²) in [5.41, 5.74) is 2.42. The Morgan fingerprint density at radius 2 is 1.92 bits per heavy atom. The summed E-state index contributed by atoms with van der Waals surface area (Å²) in [5.74, 6) is 0.0442. The Balaban J connectivity index is 2.05. The summed E-state index contributed by atoms with van der Waals surface area (Å²) in [4.78, 5) is 25.9. The van der Waals surface area contributed by atoms with Gasteiger partial charge in [0.25, 0.3) is 11.8 Å². The summed E-state index contributed by atoms with van der Waals surface area (Å²) < 4.78 is 5.59. The van der Waals surface area contributed by atoms with Gasteiger partial charge in [-0.05, 0) is 55.8 Å². The first-order chi connectivity index (χ1) is 12.3. The zero-order valence-corrected chi connectivity index (χ0v) is 15.2. The third-order valence-corrected chi connectivity index (χ3v) is 3.78. The fraction of sp³-hybridized carbons (Fsp3) is 0.250. The Morgan fingerprint density at radius 3 is 2.54 bits per heavy atom. The highest BCUT2D eigenvalue weighted by atomic mass is 16.5. The first-order valence-corrected chi connectivity index (χ1v) is 8.12. The van der Waals surface area contributed by atoms with E-state index in [2.05, 4.69) is 5.32 Å². The smallest absolute Gasteiger partial charge is 0.265 e. The van der Waals surface area contributed by atoms with E-state index < -0.39 is 6.10 Å². The van der Waals surface area contributed by atoms with Gasteiger partial charge in [-0.1, -0.05) is 6.07 Å². The van der Waals surface area contributed by atoms with Gasteiger partial charge in [-0.3, -0.25) is 9.59 Å². The predicted molar refractivity (Wildman–Crippen MR) is 99.1 cm³/mol. The summed E-state index contributed by atoms with van der Waals surface area (Å²) >= 11 is 0. The van der Waals surface area contributed by atoms with Crippen molar-refractivity contribution in [1.29, 1.82) is 5.26 Å². The van der Waals surface area contributed by atoms with Gasteiger partial charge < -0.3 is 15.0 Å². The quantitative estimate of drug-likeness (QED) is 0.898. The van der Waals surface area contributed by atoms with Gasteiger partial charge in [0.2, 0.25) is 0 Å². The minimum Gasteiger partial charge on any atom is -0.481 e. The zero-order valence-electron chi connectivity index (χ0n) is 15.2. The van der Waals surface area contributed by atoms with Crippen LogP contribution in [-0.2, 0) is 4.79 Å². The molecule has 0 saturated heterocycles. The van der Waals surface area contributed by atoms with Crippen LogP contribution in [0.1, 0.15) is 28.4 Å². The molecule has 0 heterocycles. The second kappa shape index (κ2) is 8.17. The van der Waals surface area contributed by atoms with Gasteiger partial charge in [-0.25, -0.2) is 0 Å². The van der Waals surface area contributed by atoms with Crippen molar-refractivity contribution in [2.24, 2.45) is 0 Å². The van der Waals surface area contributed by atoms with Crippen molar-refractivity contribution in [3.63, 3.8) is 0 Å². The van der Waals surface area contributed by atoms with Crippen LogP contribution in [0.4, 0.5) is 5.69 Å². The minimum atomic E-state index is -0.743. The molecule has 0 saturated carbocycles. The lowest BCUT2D eigenvalue weighted by molar-refractivity contribution is -0.122. The number of carbonyl (C=O) groups excluding carboxylic acids is 2. The van der Waals surface area contributed by atoms with E-state index >= 15 is 0 Å². The van der Waals surface area contributed by atoms with Gasteiger partial charge in [0, 0.05) is 25.3 Å². The molecule has 0 aromatic heterocycles. The van der Waals surface area contributed by atoms with Gasteiger partial charge in [-0.15, -0.1) is 0 Å². The third kappa shape index (κ3) is 4.61. The number of rotatable bonds is 5. The standard InChI is InChI=1S/C20H21N3O3/c1-13-10-16(8-9-18(13)20(25)23(3)4)22-19(24)14(2)26-17-7-5-6-15(11-17)12-21/h5-11,14H,1-4H3,(H,22,24). The molecule has 2 aromatic carbocycles. The Morgan fingerprint density at radius 1 is 1.19 bits per heavy atom. The molecule has 2 amide bonds. The second-order valence-corrected chi connectivity index (χ2v) is 6.12. The predicted octanol–water partition coefficient (Wildman–Crippen LogP) is 2.97. The van der Waals surface area contributed by atoms with E-state index in [4.69, 9.17) is 10.00 Å². The lowest BCUT2D eigenvalue weighted by Gasteiger charge is -2.16. The molecule has 0 aliphatic rings. The van der Waals surface area contributed by atoms with Crippen LogP contribution in [-0.4, -0.2) is 36.9 Å². The molecule has 0 spiro atoms. The lowest BCUT2D eigenvalue weighted by atomic mass is 10.1. The molecule has 0 aliphatic heterocycles. The molecular formula is C20H21N3O3. The number of anilines is 1. The van der Waals surface area contributed by atoms with Crippen LogP contribution in [0.15, 0.2) is 42.5 Å². The molecule has 2 aromatic rings. The number of ether oxygens (including phenoxy) is 1. The number of hydrogen-bond acceptors (Lipinski definition) is 4. The van der Waals surface area contributed by atoms with Crippen molar-refractivity contribution in [3.05, 3.63) is 59.2 Å². The topological polar surface area (TPSA) is 82.4 Å². The number of hydrogen-bond donors (Lipinski definition) is 1. The Bertz CT molecular complexity index is 869. The van der Waals surface area contributed by atoms with Gasteiger partial charge in [0.05, 0.1) is 11.6 Å². The molecule has 1 N–H and O–H groups in total. The molecule has 0 radical (unpaired) electrons. The van der Waals surface area contributed by atoms with Gasteiger partial charge in [-0.2, -0.15) is 5.26 Å². The second-order valence-electron chi connectivity index (χ2n) is 6.12. The van der Waals surface area contributed by atoms with Crippen LogP contribution in [0.5, 0.6) is 5.75 Å². The van der Waals surface area contributed by atoms with Crippen LogP contribution in [0, 0.1) is 18.3 Å². The normalized spacial score (nSPS) is 11.2. The van der Waals surface area contributed by atoms with E-state index in [0.717, 1.165) is 5.56 Å². The van der Waals surface area contributed by atoms with Crippen molar-refractivity contribution in [1.82, 2.24) is 4.90 Å². The van der Waals surface area contributed by atoms with Crippen molar-refractivity contribution >= 4 is 17.5 Å². The molecule has 134 valence electrons. The third-order valence-electron chi connectivity index (χ3n) is 3.78. The summed E-state index contributed by atoms with van der Waals surface area (Å²) in [5, 5.41) is 11.7. The van der Waals surface area contributed by atoms with Crippen molar-refractivity contribution < 1.29 is 14.3 Å². The maximum Gasteiger partial charge on any atom is 0.265 e. The largest absolute Gasteiger partial charge is 0.481 e. The van der Waals surface area contributed by atoms with E-state index in [9.17, 15) is 9.59 Å². The summed E-state index contributed by atoms with van der Waals surface area (Å²) in [6, 6.07) is 13.8. The lowest BCUT2D eigenvalue weighted by Crippen LogP contribution is -2.30. The molecule has 2 rings (SSSR count). The SMILES string of the molecule is Cc1cc(NC(=O)C(C)Oc2cccc(C#N)c2)ccc1C(=O)N(C)C. The maximum absolute atomic E-state index is 12.3. The Kier molecular flexibility index (Phi) is 5.97. The van der Waals surface area contributed by atoms with Crippen LogP contribution in [0.25, 0.3) is 0 Å². The number of nitrogens with one attached hydrogen (secondary N) is 1. The highest BCUT2D eigenvalue weighted by Gasteiger charge is 2.17. The minimum absolute atomic E-state index is 0.0885. The van der Waals surface area contributed by atoms with Crippen molar-refractivity contribution in [3.8, 4) is 11.8 Å². The fourth-order valence-corrected chi connectivity index (χ4v) is 2.36. The van der Waals surface area contributed by atoms with Gasteiger partial charge in [0.1, 0.15) is 5.75 Å². The van der Waals surface area contributed by atoms with E-state index in [1.165, 1.54) is 4.90 Å².